The van der Waals surface area contributed by atoms with Gasteiger partial charge in [0.1, 0.15) is 0 Å². The molecule has 1 amide bonds. The zero-order valence-electron chi connectivity index (χ0n) is 16.9. The highest BCUT2D eigenvalue weighted by Gasteiger charge is 2.31. The zero-order chi connectivity index (χ0) is 21.9. The van der Waals surface area contributed by atoms with Gasteiger partial charge in [0, 0.05) is 43.1 Å². The second-order valence-electron chi connectivity index (χ2n) is 7.37. The second kappa shape index (κ2) is 8.87. The van der Waals surface area contributed by atoms with E-state index in [1.54, 1.807) is 37.3 Å². The number of hydrogen-bond acceptors (Lipinski definition) is 4. The van der Waals surface area contributed by atoms with Crippen LogP contribution in [-0.2, 0) is 11.0 Å². The molecule has 8 heteroatoms. The van der Waals surface area contributed by atoms with Crippen LogP contribution in [-0.4, -0.2) is 48.8 Å². The number of ketones is 1. The molecule has 160 valence electrons. The van der Waals surface area contributed by atoms with E-state index < -0.39 is 17.8 Å². The van der Waals surface area contributed by atoms with Crippen molar-refractivity contribution >= 4 is 23.1 Å². The number of nitrogens with zero attached hydrogens (tertiary/aromatic N) is 2. The zero-order valence-corrected chi connectivity index (χ0v) is 16.9. The lowest BCUT2D eigenvalue weighted by Gasteiger charge is -2.38. The Bertz CT molecular complexity index is 922. The van der Waals surface area contributed by atoms with Crippen LogP contribution in [0.5, 0.6) is 0 Å². The van der Waals surface area contributed by atoms with Gasteiger partial charge in [-0.1, -0.05) is 18.2 Å². The number of alkyl halides is 3. The first-order chi connectivity index (χ1) is 14.1. The first-order valence-electron chi connectivity index (χ1n) is 9.73. The smallest absolute Gasteiger partial charge is 0.369 e. The lowest BCUT2D eigenvalue weighted by Crippen LogP contribution is -2.52. The van der Waals surface area contributed by atoms with Gasteiger partial charge >= 0.3 is 6.18 Å². The molecule has 2 aromatic rings. The third-order valence-electron chi connectivity index (χ3n) is 5.32. The summed E-state index contributed by atoms with van der Waals surface area (Å²) in [5.74, 6) is -0.270. The van der Waals surface area contributed by atoms with Gasteiger partial charge in [0.15, 0.2) is 5.78 Å². The Morgan fingerprint density at radius 2 is 1.67 bits per heavy atom. The molecule has 0 bridgehead atoms. The van der Waals surface area contributed by atoms with Crippen LogP contribution in [0.15, 0.2) is 48.5 Å². The van der Waals surface area contributed by atoms with E-state index in [9.17, 15) is 22.8 Å². The average molecular weight is 419 g/mol. The fourth-order valence-electron chi connectivity index (χ4n) is 3.47. The molecule has 1 fully saturated rings. The molecule has 1 saturated heterocycles. The van der Waals surface area contributed by atoms with Gasteiger partial charge in [-0.25, -0.2) is 0 Å². The molecule has 1 N–H and O–H groups in total. The SMILES string of the molecule is CC(=O)c1cccc(NC(=O)[C@@H](C)N2CCN(c3cccc(C(F)(F)F)c3)CC2)c1. The minimum atomic E-state index is -4.37. The standard InChI is InChI=1S/C22H24F3N3O2/c1-15(21(30)26-19-7-3-5-17(13-19)16(2)29)27-9-11-28(12-10-27)20-8-4-6-18(14-20)22(23,24)25/h3-8,13-15H,9-12H2,1-2H3,(H,26,30)/t15-/m1/s1. The minimum Gasteiger partial charge on any atom is -0.369 e. The van der Waals surface area contributed by atoms with E-state index >= 15 is 0 Å². The highest BCUT2D eigenvalue weighted by atomic mass is 19.4. The van der Waals surface area contributed by atoms with Crippen LogP contribution < -0.4 is 10.2 Å². The lowest BCUT2D eigenvalue weighted by molar-refractivity contribution is -0.137. The molecule has 1 heterocycles. The average Bonchev–Trinajstić information content (AvgIpc) is 2.73. The number of nitrogens with one attached hydrogen (secondary N) is 1. The molecule has 1 atom stereocenters. The molecule has 0 radical (unpaired) electrons. The van der Waals surface area contributed by atoms with Crippen molar-refractivity contribution in [2.45, 2.75) is 26.1 Å². The molecule has 2 aromatic carbocycles. The van der Waals surface area contributed by atoms with Crippen molar-refractivity contribution in [1.29, 1.82) is 0 Å². The first kappa shape index (κ1) is 21.8. The van der Waals surface area contributed by atoms with Crippen molar-refractivity contribution in [3.05, 3.63) is 59.7 Å². The predicted molar refractivity (Wildman–Crippen MR) is 110 cm³/mol. The molecule has 0 aromatic heterocycles. The van der Waals surface area contributed by atoms with E-state index in [4.69, 9.17) is 0 Å². The number of benzene rings is 2. The summed E-state index contributed by atoms with van der Waals surface area (Å²) in [6.45, 7) is 5.42. The summed E-state index contributed by atoms with van der Waals surface area (Å²) in [4.78, 5) is 28.0. The van der Waals surface area contributed by atoms with Crippen molar-refractivity contribution < 1.29 is 22.8 Å². The number of carbonyl (C=O) groups excluding carboxylic acids is 2. The van der Waals surface area contributed by atoms with E-state index in [1.807, 2.05) is 9.80 Å². The van der Waals surface area contributed by atoms with E-state index in [0.717, 1.165) is 12.1 Å². The molecule has 1 aliphatic rings. The van der Waals surface area contributed by atoms with Gasteiger partial charge in [-0.3, -0.25) is 14.5 Å². The lowest BCUT2D eigenvalue weighted by atomic mass is 10.1. The summed E-state index contributed by atoms with van der Waals surface area (Å²) >= 11 is 0. The Kier molecular flexibility index (Phi) is 6.45. The van der Waals surface area contributed by atoms with Gasteiger partial charge in [-0.15, -0.1) is 0 Å². The molecule has 5 nitrogen and oxygen atoms in total. The third kappa shape index (κ3) is 5.18. The van der Waals surface area contributed by atoms with Gasteiger partial charge in [-0.2, -0.15) is 13.2 Å². The molecule has 3 rings (SSSR count). The number of Topliss-reactive ketones (excluding diaryl/α,β-unsaturated/α-hetero) is 1. The fourth-order valence-corrected chi connectivity index (χ4v) is 3.47. The Morgan fingerprint density at radius 3 is 2.30 bits per heavy atom. The summed E-state index contributed by atoms with van der Waals surface area (Å²) in [7, 11) is 0. The van der Waals surface area contributed by atoms with Gasteiger partial charge in [0.25, 0.3) is 0 Å². The van der Waals surface area contributed by atoms with Gasteiger partial charge in [0.05, 0.1) is 11.6 Å². The Hall–Kier alpha value is -2.87. The molecule has 0 spiro atoms. The van der Waals surface area contributed by atoms with Gasteiger partial charge in [0.2, 0.25) is 5.91 Å². The van der Waals surface area contributed by atoms with Crippen LogP contribution in [0.25, 0.3) is 0 Å². The molecular formula is C22H24F3N3O2. The highest BCUT2D eigenvalue weighted by molar-refractivity contribution is 5.98. The maximum atomic E-state index is 13.0. The van der Waals surface area contributed by atoms with Crippen LogP contribution in [0.1, 0.15) is 29.8 Å². The summed E-state index contributed by atoms with van der Waals surface area (Å²) in [6, 6.07) is 11.7. The number of halogens is 3. The van der Waals surface area contributed by atoms with E-state index in [-0.39, 0.29) is 11.7 Å². The molecule has 1 aliphatic heterocycles. The molecule has 30 heavy (non-hydrogen) atoms. The number of anilines is 2. The third-order valence-corrected chi connectivity index (χ3v) is 5.32. The Labute approximate surface area is 173 Å². The summed E-state index contributed by atoms with van der Waals surface area (Å²) < 4.78 is 38.9. The number of rotatable bonds is 5. The molecule has 0 saturated carbocycles. The molecule has 0 unspecified atom stereocenters. The van der Waals surface area contributed by atoms with E-state index in [0.29, 0.717) is 43.1 Å². The van der Waals surface area contributed by atoms with Crippen molar-refractivity contribution in [2.24, 2.45) is 0 Å². The largest absolute Gasteiger partial charge is 0.416 e. The number of amides is 1. The molecule has 0 aliphatic carbocycles. The topological polar surface area (TPSA) is 52.7 Å². The quantitative estimate of drug-likeness (QED) is 0.743. The Balaban J connectivity index is 1.59. The van der Waals surface area contributed by atoms with E-state index in [1.165, 1.54) is 13.0 Å². The fraction of sp³-hybridized carbons (Fsp3) is 0.364. The van der Waals surface area contributed by atoms with Gasteiger partial charge in [-0.05, 0) is 44.2 Å². The van der Waals surface area contributed by atoms with Crippen LogP contribution in [0.4, 0.5) is 24.5 Å². The van der Waals surface area contributed by atoms with E-state index in [2.05, 4.69) is 5.32 Å². The summed E-state index contributed by atoms with van der Waals surface area (Å²) in [6.07, 6.45) is -4.37. The second-order valence-corrected chi connectivity index (χ2v) is 7.37. The highest BCUT2D eigenvalue weighted by Crippen LogP contribution is 2.32. The molecular weight excluding hydrogens is 395 g/mol. The van der Waals surface area contributed by atoms with Gasteiger partial charge < -0.3 is 10.2 Å². The Morgan fingerprint density at radius 1 is 1.00 bits per heavy atom. The summed E-state index contributed by atoms with van der Waals surface area (Å²) in [5, 5.41) is 2.83. The normalized spacial score (nSPS) is 16.2. The van der Waals surface area contributed by atoms with Crippen molar-refractivity contribution in [1.82, 2.24) is 4.90 Å². The van der Waals surface area contributed by atoms with Crippen molar-refractivity contribution in [3.63, 3.8) is 0 Å². The van der Waals surface area contributed by atoms with Crippen molar-refractivity contribution in [3.8, 4) is 0 Å². The number of piperazine rings is 1. The van der Waals surface area contributed by atoms with Crippen LogP contribution in [0.3, 0.4) is 0 Å². The maximum absolute atomic E-state index is 13.0. The number of carbonyl (C=O) groups is 2. The monoisotopic (exact) mass is 419 g/mol. The minimum absolute atomic E-state index is 0.0788. The van der Waals surface area contributed by atoms with Crippen LogP contribution in [0, 0.1) is 0 Å². The predicted octanol–water partition coefficient (Wildman–Crippen LogP) is 4.06. The van der Waals surface area contributed by atoms with Crippen LogP contribution in [0.2, 0.25) is 0 Å². The maximum Gasteiger partial charge on any atom is 0.416 e. The summed E-state index contributed by atoms with van der Waals surface area (Å²) in [5.41, 5.74) is 0.947. The first-order valence-corrected chi connectivity index (χ1v) is 9.73. The van der Waals surface area contributed by atoms with Crippen molar-refractivity contribution in [2.75, 3.05) is 36.4 Å². The number of hydrogen-bond donors (Lipinski definition) is 1. The van der Waals surface area contributed by atoms with Crippen LogP contribution >= 0.6 is 0 Å².